The molecule has 2 rings (SSSR count). The molecule has 1 N–H and O–H groups in total. The first kappa shape index (κ1) is 13.3. The molecular weight excluding hydrogens is 229 g/mol. The fourth-order valence-corrected chi connectivity index (χ4v) is 2.65. The Morgan fingerprint density at radius 3 is 2.83 bits per heavy atom. The number of hydrogen-bond donors (Lipinski definition) is 1. The highest BCUT2D eigenvalue weighted by Gasteiger charge is 2.22. The van der Waals surface area contributed by atoms with Gasteiger partial charge in [-0.15, -0.1) is 0 Å². The van der Waals surface area contributed by atoms with Crippen LogP contribution in [0.2, 0.25) is 0 Å². The fraction of sp³-hybridized carbons (Fsp3) is 0.643. The van der Waals surface area contributed by atoms with Crippen LogP contribution in [0.5, 0.6) is 0 Å². The molecule has 0 radical (unpaired) electrons. The van der Waals surface area contributed by atoms with E-state index < -0.39 is 0 Å². The summed E-state index contributed by atoms with van der Waals surface area (Å²) in [5, 5.41) is 3.24. The van der Waals surface area contributed by atoms with Crippen molar-refractivity contribution in [1.29, 1.82) is 0 Å². The topological polar surface area (TPSA) is 28.2 Å². The minimum absolute atomic E-state index is 0.258. The number of nitrogens with zero attached hydrogens (tertiary/aromatic N) is 2. The summed E-state index contributed by atoms with van der Waals surface area (Å²) in [5.74, 6) is 0.663. The number of rotatable bonds is 5. The SMILES string of the molecule is CCNCc1cc(F)cnc1N(C)C1CCCC1. The molecule has 1 aromatic rings. The zero-order valence-corrected chi connectivity index (χ0v) is 11.2. The van der Waals surface area contributed by atoms with Gasteiger partial charge in [0.05, 0.1) is 6.20 Å². The van der Waals surface area contributed by atoms with Crippen LogP contribution >= 0.6 is 0 Å². The molecule has 100 valence electrons. The molecule has 1 aliphatic carbocycles. The quantitative estimate of drug-likeness (QED) is 0.872. The Kier molecular flexibility index (Phi) is 4.53. The molecule has 1 saturated carbocycles. The third kappa shape index (κ3) is 2.99. The molecule has 0 bridgehead atoms. The zero-order chi connectivity index (χ0) is 13.0. The van der Waals surface area contributed by atoms with Crippen LogP contribution in [0.25, 0.3) is 0 Å². The molecule has 1 heterocycles. The first-order valence-electron chi connectivity index (χ1n) is 6.80. The van der Waals surface area contributed by atoms with Gasteiger partial charge in [0, 0.05) is 25.2 Å². The van der Waals surface area contributed by atoms with Crippen molar-refractivity contribution in [3.63, 3.8) is 0 Å². The lowest BCUT2D eigenvalue weighted by Crippen LogP contribution is -2.31. The Labute approximate surface area is 108 Å². The fourth-order valence-electron chi connectivity index (χ4n) is 2.65. The second-order valence-electron chi connectivity index (χ2n) is 4.97. The van der Waals surface area contributed by atoms with Crippen molar-refractivity contribution in [2.75, 3.05) is 18.5 Å². The highest BCUT2D eigenvalue weighted by molar-refractivity contribution is 5.47. The number of anilines is 1. The molecular formula is C14H22FN3. The first-order valence-corrected chi connectivity index (χ1v) is 6.80. The molecule has 0 amide bonds. The van der Waals surface area contributed by atoms with Gasteiger partial charge < -0.3 is 10.2 Å². The highest BCUT2D eigenvalue weighted by Crippen LogP contribution is 2.28. The molecule has 1 aliphatic rings. The normalized spacial score (nSPS) is 16.2. The molecule has 0 aliphatic heterocycles. The Bertz CT molecular complexity index is 389. The predicted octanol–water partition coefficient (Wildman–Crippen LogP) is 2.71. The van der Waals surface area contributed by atoms with Crippen LogP contribution in [0.3, 0.4) is 0 Å². The van der Waals surface area contributed by atoms with E-state index >= 15 is 0 Å². The van der Waals surface area contributed by atoms with Gasteiger partial charge in [-0.05, 0) is 25.5 Å². The summed E-state index contributed by atoms with van der Waals surface area (Å²) in [7, 11) is 2.08. The van der Waals surface area contributed by atoms with E-state index in [1.807, 2.05) is 6.92 Å². The second kappa shape index (κ2) is 6.14. The third-order valence-electron chi connectivity index (χ3n) is 3.68. The van der Waals surface area contributed by atoms with Crippen LogP contribution in [0, 0.1) is 5.82 Å². The van der Waals surface area contributed by atoms with E-state index in [-0.39, 0.29) is 5.82 Å². The minimum Gasteiger partial charge on any atom is -0.356 e. The number of nitrogens with one attached hydrogen (secondary N) is 1. The van der Waals surface area contributed by atoms with Crippen molar-refractivity contribution < 1.29 is 4.39 Å². The molecule has 4 heteroatoms. The molecule has 1 aromatic heterocycles. The summed E-state index contributed by atoms with van der Waals surface area (Å²) >= 11 is 0. The Morgan fingerprint density at radius 1 is 1.44 bits per heavy atom. The van der Waals surface area contributed by atoms with Gasteiger partial charge in [-0.2, -0.15) is 0 Å². The third-order valence-corrected chi connectivity index (χ3v) is 3.68. The maximum atomic E-state index is 13.3. The average molecular weight is 251 g/mol. The van der Waals surface area contributed by atoms with Gasteiger partial charge in [-0.1, -0.05) is 19.8 Å². The number of aromatic nitrogens is 1. The van der Waals surface area contributed by atoms with Crippen LogP contribution in [0.1, 0.15) is 38.2 Å². The van der Waals surface area contributed by atoms with Gasteiger partial charge in [-0.25, -0.2) is 9.37 Å². The van der Waals surface area contributed by atoms with E-state index in [1.54, 1.807) is 6.07 Å². The number of hydrogen-bond acceptors (Lipinski definition) is 3. The van der Waals surface area contributed by atoms with Crippen molar-refractivity contribution in [2.24, 2.45) is 0 Å². The average Bonchev–Trinajstić information content (AvgIpc) is 2.89. The van der Waals surface area contributed by atoms with Gasteiger partial charge in [0.1, 0.15) is 11.6 Å². The van der Waals surface area contributed by atoms with E-state index in [4.69, 9.17) is 0 Å². The van der Waals surface area contributed by atoms with E-state index in [1.165, 1.54) is 31.9 Å². The molecule has 0 unspecified atom stereocenters. The van der Waals surface area contributed by atoms with E-state index in [2.05, 4.69) is 22.2 Å². The summed E-state index contributed by atoms with van der Waals surface area (Å²) in [5.41, 5.74) is 0.950. The largest absolute Gasteiger partial charge is 0.356 e. The molecule has 1 fully saturated rings. The predicted molar refractivity (Wildman–Crippen MR) is 72.2 cm³/mol. The van der Waals surface area contributed by atoms with E-state index in [0.29, 0.717) is 12.6 Å². The van der Waals surface area contributed by atoms with Crippen LogP contribution in [-0.4, -0.2) is 24.6 Å². The van der Waals surface area contributed by atoms with Crippen LogP contribution in [0.15, 0.2) is 12.3 Å². The Hall–Kier alpha value is -1.16. The number of pyridine rings is 1. The van der Waals surface area contributed by atoms with E-state index in [0.717, 1.165) is 17.9 Å². The first-order chi connectivity index (χ1) is 8.72. The van der Waals surface area contributed by atoms with Crippen molar-refractivity contribution in [3.05, 3.63) is 23.6 Å². The lowest BCUT2D eigenvalue weighted by atomic mass is 10.1. The molecule has 0 atom stereocenters. The standard InChI is InChI=1S/C14H22FN3/c1-3-16-9-11-8-12(15)10-17-14(11)18(2)13-6-4-5-7-13/h8,10,13,16H,3-7,9H2,1-2H3. The molecule has 0 aromatic carbocycles. The summed E-state index contributed by atoms with van der Waals surface area (Å²) in [4.78, 5) is 6.51. The van der Waals surface area contributed by atoms with E-state index in [9.17, 15) is 4.39 Å². The summed E-state index contributed by atoms with van der Waals surface area (Å²) < 4.78 is 13.3. The summed E-state index contributed by atoms with van der Waals surface area (Å²) in [6.07, 6.45) is 6.33. The van der Waals surface area contributed by atoms with Crippen molar-refractivity contribution in [2.45, 2.75) is 45.2 Å². The monoisotopic (exact) mass is 251 g/mol. The Morgan fingerprint density at radius 2 is 2.17 bits per heavy atom. The highest BCUT2D eigenvalue weighted by atomic mass is 19.1. The van der Waals surface area contributed by atoms with Crippen molar-refractivity contribution in [3.8, 4) is 0 Å². The van der Waals surface area contributed by atoms with Gasteiger partial charge in [0.15, 0.2) is 0 Å². The second-order valence-corrected chi connectivity index (χ2v) is 4.97. The molecule has 3 nitrogen and oxygen atoms in total. The summed E-state index contributed by atoms with van der Waals surface area (Å²) in [6.45, 7) is 3.60. The van der Waals surface area contributed by atoms with Crippen LogP contribution in [0.4, 0.5) is 10.2 Å². The lowest BCUT2D eigenvalue weighted by molar-refractivity contribution is 0.604. The van der Waals surface area contributed by atoms with Crippen molar-refractivity contribution >= 4 is 5.82 Å². The molecule has 0 spiro atoms. The minimum atomic E-state index is -0.258. The Balaban J connectivity index is 2.18. The van der Waals surface area contributed by atoms with Crippen LogP contribution in [-0.2, 0) is 6.54 Å². The zero-order valence-electron chi connectivity index (χ0n) is 11.2. The van der Waals surface area contributed by atoms with Gasteiger partial charge >= 0.3 is 0 Å². The number of halogens is 1. The smallest absolute Gasteiger partial charge is 0.141 e. The maximum Gasteiger partial charge on any atom is 0.141 e. The van der Waals surface area contributed by atoms with Gasteiger partial charge in [0.25, 0.3) is 0 Å². The lowest BCUT2D eigenvalue weighted by Gasteiger charge is -2.27. The maximum absolute atomic E-state index is 13.3. The summed E-state index contributed by atoms with van der Waals surface area (Å²) in [6, 6.07) is 2.15. The van der Waals surface area contributed by atoms with Gasteiger partial charge in [0.2, 0.25) is 0 Å². The van der Waals surface area contributed by atoms with Crippen LogP contribution < -0.4 is 10.2 Å². The van der Waals surface area contributed by atoms with Crippen molar-refractivity contribution in [1.82, 2.24) is 10.3 Å². The van der Waals surface area contributed by atoms with Gasteiger partial charge in [-0.3, -0.25) is 0 Å². The molecule has 0 saturated heterocycles. The molecule has 18 heavy (non-hydrogen) atoms.